The van der Waals surface area contributed by atoms with Crippen LogP contribution < -0.4 is 0 Å². The van der Waals surface area contributed by atoms with Crippen molar-refractivity contribution < 1.29 is 18.0 Å². The Balaban J connectivity index is 2.21. The SMILES string of the molecule is O=C1C(SC(F)(F)F)=C(c2ccsc2)c2ccccc21. The Labute approximate surface area is 121 Å². The third kappa shape index (κ3) is 2.29. The van der Waals surface area contributed by atoms with Gasteiger partial charge in [-0.1, -0.05) is 24.3 Å². The molecule has 1 aromatic carbocycles. The van der Waals surface area contributed by atoms with Gasteiger partial charge >= 0.3 is 5.51 Å². The van der Waals surface area contributed by atoms with Crippen LogP contribution in [0.5, 0.6) is 0 Å². The fourth-order valence-electron chi connectivity index (χ4n) is 2.16. The smallest absolute Gasteiger partial charge is 0.288 e. The molecule has 0 amide bonds. The molecular weight excluding hydrogens is 305 g/mol. The van der Waals surface area contributed by atoms with Crippen molar-refractivity contribution in [2.24, 2.45) is 0 Å². The van der Waals surface area contributed by atoms with Gasteiger partial charge in [0.1, 0.15) is 0 Å². The van der Waals surface area contributed by atoms with E-state index in [1.807, 2.05) is 0 Å². The molecule has 0 fully saturated rings. The topological polar surface area (TPSA) is 17.1 Å². The van der Waals surface area contributed by atoms with Gasteiger partial charge < -0.3 is 0 Å². The number of benzene rings is 1. The lowest BCUT2D eigenvalue weighted by molar-refractivity contribution is -0.0322. The van der Waals surface area contributed by atoms with Crippen LogP contribution in [-0.2, 0) is 0 Å². The number of hydrogen-bond donors (Lipinski definition) is 0. The van der Waals surface area contributed by atoms with Crippen molar-refractivity contribution in [2.45, 2.75) is 5.51 Å². The zero-order chi connectivity index (χ0) is 14.3. The molecule has 0 aliphatic heterocycles. The van der Waals surface area contributed by atoms with Gasteiger partial charge in [0.15, 0.2) is 0 Å². The van der Waals surface area contributed by atoms with Gasteiger partial charge in [0, 0.05) is 11.1 Å². The molecule has 0 spiro atoms. The van der Waals surface area contributed by atoms with Crippen LogP contribution in [0.4, 0.5) is 13.2 Å². The van der Waals surface area contributed by atoms with E-state index in [1.165, 1.54) is 11.3 Å². The molecule has 0 saturated heterocycles. The lowest BCUT2D eigenvalue weighted by Crippen LogP contribution is -2.05. The lowest BCUT2D eigenvalue weighted by Gasteiger charge is -2.08. The Morgan fingerprint density at radius 3 is 2.35 bits per heavy atom. The number of halogens is 3. The van der Waals surface area contributed by atoms with Crippen LogP contribution in [0.2, 0.25) is 0 Å². The number of ketones is 1. The predicted octanol–water partition coefficient (Wildman–Crippen LogP) is 4.96. The molecule has 0 atom stereocenters. The number of rotatable bonds is 2. The summed E-state index contributed by atoms with van der Waals surface area (Å²) in [5, 5.41) is 3.53. The summed E-state index contributed by atoms with van der Waals surface area (Å²) in [6.45, 7) is 0. The van der Waals surface area contributed by atoms with Gasteiger partial charge in [0.05, 0.1) is 4.91 Å². The number of carbonyl (C=O) groups is 1. The lowest BCUT2D eigenvalue weighted by atomic mass is 10.0. The van der Waals surface area contributed by atoms with Crippen LogP contribution in [0.15, 0.2) is 46.0 Å². The van der Waals surface area contributed by atoms with E-state index in [0.717, 1.165) is 0 Å². The molecule has 0 radical (unpaired) electrons. The first kappa shape index (κ1) is 13.5. The van der Waals surface area contributed by atoms with Crippen molar-refractivity contribution in [3.63, 3.8) is 0 Å². The maximum atomic E-state index is 12.7. The summed E-state index contributed by atoms with van der Waals surface area (Å²) in [7, 11) is 0. The highest BCUT2D eigenvalue weighted by Crippen LogP contribution is 2.48. The summed E-state index contributed by atoms with van der Waals surface area (Å²) in [4.78, 5) is 12.0. The number of fused-ring (bicyclic) bond motifs is 1. The molecule has 1 aromatic heterocycles. The van der Waals surface area contributed by atoms with Crippen molar-refractivity contribution in [3.8, 4) is 0 Å². The molecule has 2 aromatic rings. The van der Waals surface area contributed by atoms with Crippen LogP contribution in [0.25, 0.3) is 5.57 Å². The average molecular weight is 312 g/mol. The Kier molecular flexibility index (Phi) is 3.22. The predicted molar refractivity (Wildman–Crippen MR) is 74.8 cm³/mol. The number of carbonyl (C=O) groups excluding carboxylic acids is 1. The maximum absolute atomic E-state index is 12.7. The third-order valence-corrected chi connectivity index (χ3v) is 4.41. The molecule has 102 valence electrons. The van der Waals surface area contributed by atoms with Crippen molar-refractivity contribution in [1.29, 1.82) is 0 Å². The van der Waals surface area contributed by atoms with Crippen LogP contribution >= 0.6 is 23.1 Å². The summed E-state index contributed by atoms with van der Waals surface area (Å²) >= 11 is 1.06. The van der Waals surface area contributed by atoms with Gasteiger partial charge in [-0.3, -0.25) is 4.79 Å². The van der Waals surface area contributed by atoms with E-state index >= 15 is 0 Å². The molecule has 1 aliphatic rings. The Bertz CT molecular complexity index is 699. The average Bonchev–Trinajstić information content (AvgIpc) is 2.97. The molecule has 1 nitrogen and oxygen atoms in total. The van der Waals surface area contributed by atoms with Crippen molar-refractivity contribution in [3.05, 3.63) is 62.7 Å². The number of thioether (sulfide) groups is 1. The van der Waals surface area contributed by atoms with E-state index in [4.69, 9.17) is 0 Å². The fraction of sp³-hybridized carbons (Fsp3) is 0.0714. The van der Waals surface area contributed by atoms with E-state index in [0.29, 0.717) is 22.3 Å². The molecule has 3 rings (SSSR count). The fourth-order valence-corrected chi connectivity index (χ4v) is 3.57. The Hall–Kier alpha value is -1.53. The van der Waals surface area contributed by atoms with Gasteiger partial charge in [0.25, 0.3) is 0 Å². The van der Waals surface area contributed by atoms with Gasteiger partial charge in [-0.15, -0.1) is 0 Å². The third-order valence-electron chi connectivity index (χ3n) is 2.90. The van der Waals surface area contributed by atoms with E-state index in [9.17, 15) is 18.0 Å². The second-order valence-corrected chi connectivity index (χ2v) is 5.99. The van der Waals surface area contributed by atoms with Gasteiger partial charge in [-0.25, -0.2) is 0 Å². The normalized spacial score (nSPS) is 14.8. The highest BCUT2D eigenvalue weighted by molar-refractivity contribution is 8.05. The molecule has 6 heteroatoms. The number of allylic oxidation sites excluding steroid dienone is 1. The van der Waals surface area contributed by atoms with E-state index in [-0.39, 0.29) is 16.7 Å². The zero-order valence-corrected chi connectivity index (χ0v) is 11.5. The summed E-state index contributed by atoms with van der Waals surface area (Å²) in [6, 6.07) is 8.35. The van der Waals surface area contributed by atoms with Gasteiger partial charge in [0.2, 0.25) is 5.78 Å². The van der Waals surface area contributed by atoms with Crippen molar-refractivity contribution in [2.75, 3.05) is 0 Å². The number of Topliss-reactive ketones (excluding diaryl/α,β-unsaturated/α-hetero) is 1. The van der Waals surface area contributed by atoms with Crippen molar-refractivity contribution >= 4 is 34.5 Å². The standard InChI is InChI=1S/C14H7F3OS2/c15-14(16,17)20-13-11(8-5-6-19-7-8)9-3-1-2-4-10(9)12(13)18/h1-7H. The minimum absolute atomic E-state index is 0.239. The quantitative estimate of drug-likeness (QED) is 0.780. The monoisotopic (exact) mass is 312 g/mol. The first-order valence-electron chi connectivity index (χ1n) is 5.64. The number of alkyl halides is 3. The first-order valence-corrected chi connectivity index (χ1v) is 7.40. The van der Waals surface area contributed by atoms with Crippen LogP contribution in [0, 0.1) is 0 Å². The van der Waals surface area contributed by atoms with E-state index in [2.05, 4.69) is 0 Å². The van der Waals surface area contributed by atoms with Gasteiger partial charge in [-0.2, -0.15) is 24.5 Å². The second kappa shape index (κ2) is 4.79. The van der Waals surface area contributed by atoms with Crippen molar-refractivity contribution in [1.82, 2.24) is 0 Å². The molecule has 1 aliphatic carbocycles. The summed E-state index contributed by atoms with van der Waals surface area (Å²) in [5.41, 5.74) is -2.54. The number of thiophene rings is 1. The number of hydrogen-bond acceptors (Lipinski definition) is 3. The highest BCUT2D eigenvalue weighted by Gasteiger charge is 2.39. The molecular formula is C14H7F3OS2. The molecule has 1 heterocycles. The van der Waals surface area contributed by atoms with E-state index in [1.54, 1.807) is 41.1 Å². The molecule has 0 N–H and O–H groups in total. The maximum Gasteiger partial charge on any atom is 0.446 e. The summed E-state index contributed by atoms with van der Waals surface area (Å²) < 4.78 is 38.1. The first-order chi connectivity index (χ1) is 9.47. The van der Waals surface area contributed by atoms with Gasteiger partial charge in [-0.05, 0) is 39.7 Å². The zero-order valence-electron chi connectivity index (χ0n) is 9.90. The minimum atomic E-state index is -4.48. The molecule has 20 heavy (non-hydrogen) atoms. The van der Waals surface area contributed by atoms with E-state index < -0.39 is 11.3 Å². The second-order valence-electron chi connectivity index (χ2n) is 4.14. The minimum Gasteiger partial charge on any atom is -0.288 e. The molecule has 0 bridgehead atoms. The Morgan fingerprint density at radius 2 is 1.75 bits per heavy atom. The summed E-state index contributed by atoms with van der Waals surface area (Å²) in [5.74, 6) is -0.552. The molecule has 0 unspecified atom stereocenters. The summed E-state index contributed by atoms with van der Waals surface area (Å²) in [6.07, 6.45) is 0. The van der Waals surface area contributed by atoms with Crippen LogP contribution in [0.1, 0.15) is 21.5 Å². The largest absolute Gasteiger partial charge is 0.446 e. The van der Waals surface area contributed by atoms with Crippen LogP contribution in [-0.4, -0.2) is 11.3 Å². The highest BCUT2D eigenvalue weighted by atomic mass is 32.2. The van der Waals surface area contributed by atoms with Crippen LogP contribution in [0.3, 0.4) is 0 Å². The Morgan fingerprint density at radius 1 is 1.05 bits per heavy atom. The molecule has 0 saturated carbocycles.